The van der Waals surface area contributed by atoms with Crippen molar-refractivity contribution in [2.45, 2.75) is 13.0 Å². The number of nitrogens with zero attached hydrogens (tertiary/aromatic N) is 1. The van der Waals surface area contributed by atoms with Gasteiger partial charge in [-0.2, -0.15) is 0 Å². The fourth-order valence-corrected chi connectivity index (χ4v) is 2.60. The standard InChI is InChI=1S/C17H18N2OS/c1-19(17(20)12-16-5-3-11-21-16)13-15-8-6-14(7-9-15)4-2-10-18/h3,5-9,11H,10,12-13,18H2,1H3. The molecule has 1 heterocycles. The number of thiophene rings is 1. The first-order valence-corrected chi connectivity index (χ1v) is 7.61. The van der Waals surface area contributed by atoms with E-state index >= 15 is 0 Å². The van der Waals surface area contributed by atoms with Gasteiger partial charge in [0.05, 0.1) is 13.0 Å². The van der Waals surface area contributed by atoms with Gasteiger partial charge in [0.2, 0.25) is 5.91 Å². The van der Waals surface area contributed by atoms with Crippen molar-refractivity contribution in [2.75, 3.05) is 13.6 Å². The Morgan fingerprint density at radius 3 is 2.67 bits per heavy atom. The second-order valence-electron chi connectivity index (χ2n) is 4.71. The van der Waals surface area contributed by atoms with Crippen molar-refractivity contribution in [3.8, 4) is 11.8 Å². The zero-order chi connectivity index (χ0) is 15.1. The van der Waals surface area contributed by atoms with Crippen molar-refractivity contribution >= 4 is 17.2 Å². The molecule has 0 spiro atoms. The Hall–Kier alpha value is -2.09. The van der Waals surface area contributed by atoms with E-state index in [0.717, 1.165) is 16.0 Å². The van der Waals surface area contributed by atoms with Gasteiger partial charge in [0.15, 0.2) is 0 Å². The molecular weight excluding hydrogens is 280 g/mol. The lowest BCUT2D eigenvalue weighted by Gasteiger charge is -2.17. The molecule has 0 saturated heterocycles. The highest BCUT2D eigenvalue weighted by Crippen LogP contribution is 2.12. The normalized spacial score (nSPS) is 9.81. The molecule has 0 saturated carbocycles. The largest absolute Gasteiger partial charge is 0.341 e. The van der Waals surface area contributed by atoms with E-state index in [0.29, 0.717) is 19.5 Å². The number of likely N-dealkylation sites (N-methyl/N-ethyl adjacent to an activating group) is 1. The Bertz CT molecular complexity index is 636. The SMILES string of the molecule is CN(Cc1ccc(C#CCN)cc1)C(=O)Cc1cccs1. The summed E-state index contributed by atoms with van der Waals surface area (Å²) in [5.74, 6) is 5.93. The summed E-state index contributed by atoms with van der Waals surface area (Å²) in [4.78, 5) is 15.0. The first-order valence-electron chi connectivity index (χ1n) is 6.73. The van der Waals surface area contributed by atoms with E-state index in [1.807, 2.05) is 48.8 Å². The number of hydrogen-bond donors (Lipinski definition) is 1. The van der Waals surface area contributed by atoms with Crippen LogP contribution in [-0.2, 0) is 17.8 Å². The molecule has 0 bridgehead atoms. The van der Waals surface area contributed by atoms with Crippen LogP contribution in [0.2, 0.25) is 0 Å². The zero-order valence-corrected chi connectivity index (χ0v) is 12.8. The summed E-state index contributed by atoms with van der Waals surface area (Å²) in [6.45, 7) is 0.969. The first kappa shape index (κ1) is 15.3. The molecule has 0 unspecified atom stereocenters. The smallest absolute Gasteiger partial charge is 0.227 e. The van der Waals surface area contributed by atoms with Crippen molar-refractivity contribution in [2.24, 2.45) is 5.73 Å². The number of hydrogen-bond acceptors (Lipinski definition) is 3. The molecule has 0 aliphatic heterocycles. The monoisotopic (exact) mass is 298 g/mol. The van der Waals surface area contributed by atoms with Gasteiger partial charge in [0.1, 0.15) is 0 Å². The second kappa shape index (κ2) is 7.63. The van der Waals surface area contributed by atoms with Crippen LogP contribution in [0.5, 0.6) is 0 Å². The quantitative estimate of drug-likeness (QED) is 0.880. The predicted octanol–water partition coefficient (Wildman–Crippen LogP) is 2.26. The summed E-state index contributed by atoms with van der Waals surface area (Å²) in [5.41, 5.74) is 7.38. The molecule has 0 aliphatic rings. The summed E-state index contributed by atoms with van der Waals surface area (Å²) in [7, 11) is 1.83. The highest BCUT2D eigenvalue weighted by atomic mass is 32.1. The van der Waals surface area contributed by atoms with Crippen LogP contribution in [0.4, 0.5) is 0 Å². The summed E-state index contributed by atoms with van der Waals surface area (Å²) in [6, 6.07) is 11.9. The minimum atomic E-state index is 0.129. The molecule has 108 valence electrons. The Kier molecular flexibility index (Phi) is 5.56. The number of carbonyl (C=O) groups excluding carboxylic acids is 1. The van der Waals surface area contributed by atoms with Crippen LogP contribution in [0.15, 0.2) is 41.8 Å². The zero-order valence-electron chi connectivity index (χ0n) is 12.0. The molecule has 1 aromatic heterocycles. The fraction of sp³-hybridized carbons (Fsp3) is 0.235. The summed E-state index contributed by atoms with van der Waals surface area (Å²) < 4.78 is 0. The molecule has 21 heavy (non-hydrogen) atoms. The van der Waals surface area contributed by atoms with Crippen LogP contribution in [0.25, 0.3) is 0 Å². The van der Waals surface area contributed by atoms with E-state index in [2.05, 4.69) is 11.8 Å². The first-order chi connectivity index (χ1) is 10.2. The summed E-state index contributed by atoms with van der Waals surface area (Å²) in [5, 5.41) is 1.99. The van der Waals surface area contributed by atoms with E-state index in [1.165, 1.54) is 0 Å². The van der Waals surface area contributed by atoms with Gasteiger partial charge in [0, 0.05) is 24.0 Å². The maximum absolute atomic E-state index is 12.1. The Morgan fingerprint density at radius 2 is 2.05 bits per heavy atom. The Labute approximate surface area is 129 Å². The summed E-state index contributed by atoms with van der Waals surface area (Å²) >= 11 is 1.61. The van der Waals surface area contributed by atoms with E-state index in [4.69, 9.17) is 5.73 Å². The number of amides is 1. The number of carbonyl (C=O) groups is 1. The molecule has 3 nitrogen and oxygen atoms in total. The predicted molar refractivity (Wildman–Crippen MR) is 86.9 cm³/mol. The average molecular weight is 298 g/mol. The molecule has 2 aromatic rings. The molecule has 2 N–H and O–H groups in total. The minimum Gasteiger partial charge on any atom is -0.341 e. The van der Waals surface area contributed by atoms with Gasteiger partial charge in [-0.25, -0.2) is 0 Å². The maximum Gasteiger partial charge on any atom is 0.227 e. The lowest BCUT2D eigenvalue weighted by atomic mass is 10.1. The van der Waals surface area contributed by atoms with Crippen LogP contribution < -0.4 is 5.73 Å². The Morgan fingerprint density at radius 1 is 1.29 bits per heavy atom. The van der Waals surface area contributed by atoms with Gasteiger partial charge >= 0.3 is 0 Å². The molecule has 0 aliphatic carbocycles. The van der Waals surface area contributed by atoms with Crippen molar-refractivity contribution in [1.29, 1.82) is 0 Å². The lowest BCUT2D eigenvalue weighted by molar-refractivity contribution is -0.129. The van der Waals surface area contributed by atoms with Gasteiger partial charge in [-0.3, -0.25) is 4.79 Å². The van der Waals surface area contributed by atoms with Crippen molar-refractivity contribution in [3.63, 3.8) is 0 Å². The number of benzene rings is 1. The molecule has 0 atom stereocenters. The highest BCUT2D eigenvalue weighted by molar-refractivity contribution is 7.10. The third-order valence-corrected chi connectivity index (χ3v) is 3.92. The van der Waals surface area contributed by atoms with Crippen molar-refractivity contribution in [3.05, 3.63) is 57.8 Å². The third kappa shape index (κ3) is 4.75. The van der Waals surface area contributed by atoms with Gasteiger partial charge in [0.25, 0.3) is 0 Å². The summed E-state index contributed by atoms with van der Waals surface area (Å²) in [6.07, 6.45) is 0.466. The molecule has 1 aromatic carbocycles. The molecule has 2 rings (SSSR count). The Balaban J connectivity index is 1.92. The van der Waals surface area contributed by atoms with Gasteiger partial charge in [-0.05, 0) is 29.1 Å². The van der Waals surface area contributed by atoms with Gasteiger partial charge in [-0.15, -0.1) is 11.3 Å². The molecular formula is C17H18N2OS. The van der Waals surface area contributed by atoms with Crippen LogP contribution in [0.1, 0.15) is 16.0 Å². The van der Waals surface area contributed by atoms with E-state index in [1.54, 1.807) is 16.2 Å². The maximum atomic E-state index is 12.1. The van der Waals surface area contributed by atoms with Crippen LogP contribution >= 0.6 is 11.3 Å². The third-order valence-electron chi connectivity index (χ3n) is 3.04. The lowest BCUT2D eigenvalue weighted by Crippen LogP contribution is -2.27. The van der Waals surface area contributed by atoms with E-state index < -0.39 is 0 Å². The molecule has 0 radical (unpaired) electrons. The van der Waals surface area contributed by atoms with E-state index in [-0.39, 0.29) is 5.91 Å². The van der Waals surface area contributed by atoms with Gasteiger partial charge in [-0.1, -0.05) is 30.0 Å². The second-order valence-corrected chi connectivity index (χ2v) is 5.74. The highest BCUT2D eigenvalue weighted by Gasteiger charge is 2.10. The molecule has 0 fully saturated rings. The van der Waals surface area contributed by atoms with E-state index in [9.17, 15) is 4.79 Å². The van der Waals surface area contributed by atoms with Crippen LogP contribution in [0.3, 0.4) is 0 Å². The average Bonchev–Trinajstić information content (AvgIpc) is 2.99. The van der Waals surface area contributed by atoms with Crippen LogP contribution in [0, 0.1) is 11.8 Å². The number of nitrogens with two attached hydrogens (primary N) is 1. The van der Waals surface area contributed by atoms with Gasteiger partial charge < -0.3 is 10.6 Å². The molecule has 4 heteroatoms. The minimum absolute atomic E-state index is 0.129. The number of rotatable bonds is 4. The van der Waals surface area contributed by atoms with Crippen molar-refractivity contribution < 1.29 is 4.79 Å². The van der Waals surface area contributed by atoms with Crippen LogP contribution in [-0.4, -0.2) is 24.4 Å². The van der Waals surface area contributed by atoms with Crippen molar-refractivity contribution in [1.82, 2.24) is 4.90 Å². The topological polar surface area (TPSA) is 46.3 Å². The fourth-order valence-electron chi connectivity index (χ4n) is 1.91. The molecule has 1 amide bonds.